The van der Waals surface area contributed by atoms with Gasteiger partial charge in [0.25, 0.3) is 0 Å². The second-order valence-corrected chi connectivity index (χ2v) is 10.5. The Labute approximate surface area is 227 Å². The van der Waals surface area contributed by atoms with Gasteiger partial charge in [0.05, 0.1) is 27.0 Å². The van der Waals surface area contributed by atoms with Gasteiger partial charge >= 0.3 is 6.09 Å². The summed E-state index contributed by atoms with van der Waals surface area (Å²) >= 11 is 0. The van der Waals surface area contributed by atoms with Crippen LogP contribution >= 0.6 is 0 Å². The maximum Gasteiger partial charge on any atom is 0.405 e. The van der Waals surface area contributed by atoms with E-state index in [-0.39, 0.29) is 17.7 Å². The number of rotatable bonds is 9. The number of nitrogens with zero attached hydrogens (tertiary/aromatic N) is 2. The molecule has 210 valence electrons. The van der Waals surface area contributed by atoms with Crippen molar-refractivity contribution in [1.29, 1.82) is 0 Å². The molecule has 10 heteroatoms. The Balaban J connectivity index is 1.30. The molecule has 3 atom stereocenters. The number of hydrogen-bond acceptors (Lipinski definition) is 8. The van der Waals surface area contributed by atoms with Crippen LogP contribution in [0.25, 0.3) is 11.0 Å². The summed E-state index contributed by atoms with van der Waals surface area (Å²) in [5.74, 6) is 1.88. The van der Waals surface area contributed by atoms with Crippen molar-refractivity contribution in [3.8, 4) is 17.2 Å². The molecular formula is C29H36FN3O6. The Morgan fingerprint density at radius 2 is 1.79 bits per heavy atom. The van der Waals surface area contributed by atoms with Crippen LogP contribution in [0.3, 0.4) is 0 Å². The van der Waals surface area contributed by atoms with Gasteiger partial charge in [-0.25, -0.2) is 9.18 Å². The summed E-state index contributed by atoms with van der Waals surface area (Å²) < 4.78 is 41.3. The number of methoxy groups -OCH3 is 3. The molecule has 39 heavy (non-hydrogen) atoms. The highest BCUT2D eigenvalue weighted by Crippen LogP contribution is 2.47. The third-order valence-corrected chi connectivity index (χ3v) is 8.29. The molecule has 2 aliphatic rings. The first-order valence-electron chi connectivity index (χ1n) is 13.4. The van der Waals surface area contributed by atoms with E-state index in [2.05, 4.69) is 10.1 Å². The summed E-state index contributed by atoms with van der Waals surface area (Å²) in [6.45, 7) is 2.76. The molecule has 1 aliphatic heterocycles. The molecule has 1 amide bonds. The van der Waals surface area contributed by atoms with E-state index >= 15 is 0 Å². The van der Waals surface area contributed by atoms with Gasteiger partial charge in [-0.3, -0.25) is 0 Å². The van der Waals surface area contributed by atoms with E-state index in [4.69, 9.17) is 29.2 Å². The third kappa shape index (κ3) is 5.61. The summed E-state index contributed by atoms with van der Waals surface area (Å²) in [5, 5.41) is 5.17. The summed E-state index contributed by atoms with van der Waals surface area (Å²) in [6.07, 6.45) is 3.60. The van der Waals surface area contributed by atoms with Gasteiger partial charge in [0.15, 0.2) is 17.1 Å². The zero-order valence-electron chi connectivity index (χ0n) is 22.7. The minimum Gasteiger partial charge on any atom is -0.493 e. The van der Waals surface area contributed by atoms with Crippen molar-refractivity contribution in [2.45, 2.75) is 44.1 Å². The maximum absolute atomic E-state index is 13.6. The SMILES string of the molecule is COc1cc(C(OC(N)=O)C2CCCC2CN2CCC(c3noc4cc(F)ccc34)CC2)cc(OC)c1OC. The van der Waals surface area contributed by atoms with Gasteiger partial charge in [0, 0.05) is 35.4 Å². The summed E-state index contributed by atoms with van der Waals surface area (Å²) in [5.41, 5.74) is 7.72. The minimum atomic E-state index is -0.806. The Morgan fingerprint density at radius 3 is 2.44 bits per heavy atom. The van der Waals surface area contributed by atoms with Crippen molar-refractivity contribution < 1.29 is 32.7 Å². The molecule has 5 rings (SSSR count). The second kappa shape index (κ2) is 11.7. The molecule has 0 radical (unpaired) electrons. The number of ether oxygens (including phenoxy) is 4. The van der Waals surface area contributed by atoms with E-state index in [1.54, 1.807) is 27.4 Å². The van der Waals surface area contributed by atoms with Crippen LogP contribution in [0.4, 0.5) is 9.18 Å². The lowest BCUT2D eigenvalue weighted by Gasteiger charge is -2.36. The third-order valence-electron chi connectivity index (χ3n) is 8.29. The fourth-order valence-electron chi connectivity index (χ4n) is 6.43. The summed E-state index contributed by atoms with van der Waals surface area (Å²) in [6, 6.07) is 8.28. The number of primary amides is 1. The molecular weight excluding hydrogens is 505 g/mol. The summed E-state index contributed by atoms with van der Waals surface area (Å²) in [7, 11) is 4.68. The van der Waals surface area contributed by atoms with Crippen molar-refractivity contribution in [2.75, 3.05) is 41.0 Å². The highest BCUT2D eigenvalue weighted by atomic mass is 19.1. The lowest BCUT2D eigenvalue weighted by molar-refractivity contribution is 0.0426. The molecule has 1 saturated carbocycles. The van der Waals surface area contributed by atoms with Crippen LogP contribution < -0.4 is 19.9 Å². The lowest BCUT2D eigenvalue weighted by atomic mass is 9.85. The molecule has 2 N–H and O–H groups in total. The number of halogens is 1. The minimum absolute atomic E-state index is 0.104. The fourth-order valence-corrected chi connectivity index (χ4v) is 6.43. The van der Waals surface area contributed by atoms with E-state index in [9.17, 15) is 9.18 Å². The van der Waals surface area contributed by atoms with Crippen molar-refractivity contribution in [2.24, 2.45) is 17.6 Å². The van der Waals surface area contributed by atoms with E-state index in [1.807, 2.05) is 12.1 Å². The number of hydrogen-bond donors (Lipinski definition) is 1. The van der Waals surface area contributed by atoms with Crippen LogP contribution in [-0.2, 0) is 4.74 Å². The first-order valence-corrected chi connectivity index (χ1v) is 13.4. The van der Waals surface area contributed by atoms with Gasteiger partial charge in [-0.2, -0.15) is 0 Å². The zero-order valence-corrected chi connectivity index (χ0v) is 22.7. The van der Waals surface area contributed by atoms with Crippen molar-refractivity contribution in [3.05, 3.63) is 47.4 Å². The number of aromatic nitrogens is 1. The number of amides is 1. The van der Waals surface area contributed by atoms with Crippen LogP contribution in [0, 0.1) is 17.7 Å². The number of piperidine rings is 1. The maximum atomic E-state index is 13.6. The Bertz CT molecular complexity index is 1280. The Morgan fingerprint density at radius 1 is 1.08 bits per heavy atom. The fraction of sp³-hybridized carbons (Fsp3) is 0.517. The van der Waals surface area contributed by atoms with Gasteiger partial charge in [0.2, 0.25) is 5.75 Å². The van der Waals surface area contributed by atoms with Crippen molar-refractivity contribution in [3.63, 3.8) is 0 Å². The number of carbonyl (C=O) groups is 1. The number of carbonyl (C=O) groups excluding carboxylic acids is 1. The molecule has 2 heterocycles. The molecule has 1 aliphatic carbocycles. The molecule has 2 fully saturated rings. The largest absolute Gasteiger partial charge is 0.493 e. The molecule has 3 unspecified atom stereocenters. The highest BCUT2D eigenvalue weighted by molar-refractivity contribution is 5.79. The Kier molecular flexibility index (Phi) is 8.11. The van der Waals surface area contributed by atoms with Gasteiger partial charge in [-0.1, -0.05) is 11.6 Å². The van der Waals surface area contributed by atoms with Crippen LogP contribution in [0.5, 0.6) is 17.2 Å². The van der Waals surface area contributed by atoms with E-state index in [0.29, 0.717) is 28.7 Å². The zero-order chi connectivity index (χ0) is 27.5. The molecule has 0 bridgehead atoms. The number of fused-ring (bicyclic) bond motifs is 1. The molecule has 3 aromatic rings. The van der Waals surface area contributed by atoms with E-state index in [0.717, 1.165) is 68.4 Å². The molecule has 0 spiro atoms. The predicted octanol–water partition coefficient (Wildman–Crippen LogP) is 5.43. The van der Waals surface area contributed by atoms with Crippen molar-refractivity contribution in [1.82, 2.24) is 10.1 Å². The average Bonchev–Trinajstić information content (AvgIpc) is 3.57. The van der Waals surface area contributed by atoms with Crippen LogP contribution in [-0.4, -0.2) is 57.1 Å². The van der Waals surface area contributed by atoms with Crippen LogP contribution in [0.15, 0.2) is 34.9 Å². The normalized spacial score (nSPS) is 21.1. The smallest absolute Gasteiger partial charge is 0.405 e. The quantitative estimate of drug-likeness (QED) is 0.382. The first-order chi connectivity index (χ1) is 18.9. The van der Waals surface area contributed by atoms with Gasteiger partial charge in [-0.05, 0) is 69.0 Å². The summed E-state index contributed by atoms with van der Waals surface area (Å²) in [4.78, 5) is 14.5. The van der Waals surface area contributed by atoms with Gasteiger partial charge in [0.1, 0.15) is 11.9 Å². The topological polar surface area (TPSA) is 109 Å². The van der Waals surface area contributed by atoms with Crippen LogP contribution in [0.1, 0.15) is 55.4 Å². The monoisotopic (exact) mass is 541 g/mol. The van der Waals surface area contributed by atoms with Crippen molar-refractivity contribution >= 4 is 17.1 Å². The van der Waals surface area contributed by atoms with E-state index < -0.39 is 12.2 Å². The Hall–Kier alpha value is -3.53. The number of nitrogens with two attached hydrogens (primary N) is 1. The standard InChI is InChI=1S/C29H36FN3O6/c1-35-24-13-19(14-25(36-2)28(24)37-3)27(38-29(31)34)21-6-4-5-18(21)16-33-11-9-17(10-12-33)26-22-8-7-20(30)15-23(22)39-32-26/h7-8,13-15,17-18,21,27H,4-6,9-12,16H2,1-3H3,(H2,31,34). The average molecular weight is 542 g/mol. The number of benzene rings is 2. The second-order valence-electron chi connectivity index (χ2n) is 10.5. The van der Waals surface area contributed by atoms with Gasteiger partial charge in [-0.15, -0.1) is 0 Å². The number of likely N-dealkylation sites (tertiary alicyclic amines) is 1. The van der Waals surface area contributed by atoms with E-state index in [1.165, 1.54) is 12.1 Å². The molecule has 1 saturated heterocycles. The molecule has 9 nitrogen and oxygen atoms in total. The first kappa shape index (κ1) is 27.1. The molecule has 1 aromatic heterocycles. The lowest BCUT2D eigenvalue weighted by Crippen LogP contribution is -2.38. The van der Waals surface area contributed by atoms with Gasteiger partial charge < -0.3 is 34.1 Å². The molecule has 2 aromatic carbocycles. The highest BCUT2D eigenvalue weighted by Gasteiger charge is 2.39. The predicted molar refractivity (Wildman–Crippen MR) is 143 cm³/mol. The van der Waals surface area contributed by atoms with Crippen LogP contribution in [0.2, 0.25) is 0 Å².